The first-order valence-corrected chi connectivity index (χ1v) is 6.93. The first kappa shape index (κ1) is 13.8. The van der Waals surface area contributed by atoms with Crippen molar-refractivity contribution in [2.24, 2.45) is 5.10 Å². The van der Waals surface area contributed by atoms with Gasteiger partial charge in [0.15, 0.2) is 0 Å². The topological polar surface area (TPSA) is 46.5 Å². The molecule has 22 heavy (non-hydrogen) atoms. The van der Waals surface area contributed by atoms with Crippen molar-refractivity contribution in [2.45, 2.75) is 0 Å². The molecule has 0 aliphatic rings. The average molecular weight is 289 g/mol. The SMILES string of the molecule is C(=NNc1ccccn1)c1ccc(Oc2ccccc2)cc1. The molecule has 1 aromatic heterocycles. The van der Waals surface area contributed by atoms with Crippen LogP contribution in [0.4, 0.5) is 5.82 Å². The van der Waals surface area contributed by atoms with Crippen molar-refractivity contribution in [3.8, 4) is 11.5 Å². The smallest absolute Gasteiger partial charge is 0.146 e. The van der Waals surface area contributed by atoms with E-state index in [9.17, 15) is 0 Å². The molecule has 1 heterocycles. The number of para-hydroxylation sites is 1. The summed E-state index contributed by atoms with van der Waals surface area (Å²) in [5.74, 6) is 2.32. The first-order chi connectivity index (χ1) is 10.9. The zero-order valence-electron chi connectivity index (χ0n) is 11.9. The molecule has 2 aromatic carbocycles. The Balaban J connectivity index is 1.59. The summed E-state index contributed by atoms with van der Waals surface area (Å²) in [7, 11) is 0. The highest BCUT2D eigenvalue weighted by molar-refractivity contribution is 5.80. The Labute approximate surface area is 129 Å². The van der Waals surface area contributed by atoms with Crippen LogP contribution in [0.2, 0.25) is 0 Å². The van der Waals surface area contributed by atoms with Crippen molar-refractivity contribution in [3.05, 3.63) is 84.6 Å². The summed E-state index contributed by atoms with van der Waals surface area (Å²) in [5.41, 5.74) is 3.85. The van der Waals surface area contributed by atoms with Gasteiger partial charge in [0.25, 0.3) is 0 Å². The fraction of sp³-hybridized carbons (Fsp3) is 0. The van der Waals surface area contributed by atoms with Gasteiger partial charge in [0.1, 0.15) is 17.3 Å². The van der Waals surface area contributed by atoms with Crippen molar-refractivity contribution >= 4 is 12.0 Å². The molecule has 0 bridgehead atoms. The molecule has 0 saturated heterocycles. The second-order valence-electron chi connectivity index (χ2n) is 4.57. The zero-order chi connectivity index (χ0) is 15.0. The van der Waals surface area contributed by atoms with Crippen LogP contribution < -0.4 is 10.2 Å². The van der Waals surface area contributed by atoms with Gasteiger partial charge >= 0.3 is 0 Å². The number of hydrogen-bond acceptors (Lipinski definition) is 4. The van der Waals surface area contributed by atoms with Crippen LogP contribution in [0.3, 0.4) is 0 Å². The predicted octanol–water partition coefficient (Wildman–Crippen LogP) is 4.32. The molecule has 0 amide bonds. The summed E-state index contributed by atoms with van der Waals surface area (Å²) >= 11 is 0. The van der Waals surface area contributed by atoms with E-state index < -0.39 is 0 Å². The van der Waals surface area contributed by atoms with Crippen LogP contribution >= 0.6 is 0 Å². The van der Waals surface area contributed by atoms with Crippen molar-refractivity contribution < 1.29 is 4.74 Å². The average Bonchev–Trinajstić information content (AvgIpc) is 2.58. The molecular formula is C18H15N3O. The normalized spacial score (nSPS) is 10.5. The van der Waals surface area contributed by atoms with E-state index in [4.69, 9.17) is 4.74 Å². The number of pyridine rings is 1. The van der Waals surface area contributed by atoms with Crippen LogP contribution in [0.5, 0.6) is 11.5 Å². The quantitative estimate of drug-likeness (QED) is 0.562. The number of anilines is 1. The van der Waals surface area contributed by atoms with Gasteiger partial charge in [-0.2, -0.15) is 5.10 Å². The van der Waals surface area contributed by atoms with E-state index in [0.717, 1.165) is 17.1 Å². The molecule has 1 N–H and O–H groups in total. The van der Waals surface area contributed by atoms with Gasteiger partial charge < -0.3 is 4.74 Å². The molecule has 108 valence electrons. The van der Waals surface area contributed by atoms with Crippen LogP contribution in [-0.2, 0) is 0 Å². The fourth-order valence-corrected chi connectivity index (χ4v) is 1.85. The van der Waals surface area contributed by atoms with Gasteiger partial charge in [0, 0.05) is 6.20 Å². The first-order valence-electron chi connectivity index (χ1n) is 6.93. The summed E-state index contributed by atoms with van der Waals surface area (Å²) < 4.78 is 5.74. The second-order valence-corrected chi connectivity index (χ2v) is 4.57. The minimum atomic E-state index is 0.711. The number of benzene rings is 2. The molecule has 0 aliphatic heterocycles. The highest BCUT2D eigenvalue weighted by atomic mass is 16.5. The lowest BCUT2D eigenvalue weighted by atomic mass is 10.2. The van der Waals surface area contributed by atoms with E-state index in [0.29, 0.717) is 5.82 Å². The third kappa shape index (κ3) is 3.93. The van der Waals surface area contributed by atoms with Crippen LogP contribution in [0.25, 0.3) is 0 Å². The Kier molecular flexibility index (Phi) is 4.42. The lowest BCUT2D eigenvalue weighted by Crippen LogP contribution is -1.92. The summed E-state index contributed by atoms with van der Waals surface area (Å²) in [4.78, 5) is 4.13. The van der Waals surface area contributed by atoms with Gasteiger partial charge in [-0.3, -0.25) is 5.43 Å². The molecule has 0 atom stereocenters. The third-order valence-corrected chi connectivity index (χ3v) is 2.92. The molecule has 0 saturated carbocycles. The summed E-state index contributed by atoms with van der Waals surface area (Å²) in [6.45, 7) is 0. The number of rotatable bonds is 5. The van der Waals surface area contributed by atoms with Gasteiger partial charge in [-0.1, -0.05) is 24.3 Å². The molecular weight excluding hydrogens is 274 g/mol. The van der Waals surface area contributed by atoms with Crippen LogP contribution in [0, 0.1) is 0 Å². The number of nitrogens with one attached hydrogen (secondary N) is 1. The standard InChI is InChI=1S/C18H15N3O/c1-2-6-16(7-3-1)22-17-11-9-15(10-12-17)14-20-21-18-8-4-5-13-19-18/h1-14H,(H,19,21). The van der Waals surface area contributed by atoms with Gasteiger partial charge in [-0.05, 0) is 54.1 Å². The van der Waals surface area contributed by atoms with E-state index in [2.05, 4.69) is 15.5 Å². The Hall–Kier alpha value is -3.14. The van der Waals surface area contributed by atoms with E-state index in [1.54, 1.807) is 12.4 Å². The number of aromatic nitrogens is 1. The van der Waals surface area contributed by atoms with E-state index in [1.807, 2.05) is 72.8 Å². The minimum absolute atomic E-state index is 0.711. The van der Waals surface area contributed by atoms with Crippen LogP contribution in [0.15, 0.2) is 84.1 Å². The number of hydrazone groups is 1. The molecule has 3 aromatic rings. The lowest BCUT2D eigenvalue weighted by Gasteiger charge is -2.05. The fourth-order valence-electron chi connectivity index (χ4n) is 1.85. The molecule has 0 fully saturated rings. The molecule has 0 radical (unpaired) electrons. The van der Waals surface area contributed by atoms with E-state index >= 15 is 0 Å². The molecule has 4 heteroatoms. The number of nitrogens with zero attached hydrogens (tertiary/aromatic N) is 2. The monoisotopic (exact) mass is 289 g/mol. The minimum Gasteiger partial charge on any atom is -0.457 e. The van der Waals surface area contributed by atoms with Crippen molar-refractivity contribution in [2.75, 3.05) is 5.43 Å². The van der Waals surface area contributed by atoms with Crippen molar-refractivity contribution in [1.29, 1.82) is 0 Å². The predicted molar refractivity (Wildman–Crippen MR) is 88.4 cm³/mol. The van der Waals surface area contributed by atoms with Crippen LogP contribution in [-0.4, -0.2) is 11.2 Å². The maximum atomic E-state index is 5.74. The van der Waals surface area contributed by atoms with Crippen molar-refractivity contribution in [3.63, 3.8) is 0 Å². The van der Waals surface area contributed by atoms with Gasteiger partial charge in [-0.25, -0.2) is 4.98 Å². The highest BCUT2D eigenvalue weighted by Crippen LogP contribution is 2.20. The number of hydrogen-bond donors (Lipinski definition) is 1. The maximum Gasteiger partial charge on any atom is 0.146 e. The van der Waals surface area contributed by atoms with E-state index in [1.165, 1.54) is 0 Å². The highest BCUT2D eigenvalue weighted by Gasteiger charge is 1.96. The van der Waals surface area contributed by atoms with Gasteiger partial charge in [0.05, 0.1) is 6.21 Å². The summed E-state index contributed by atoms with van der Waals surface area (Å²) in [6.07, 6.45) is 3.45. The Bertz CT molecular complexity index is 725. The Morgan fingerprint density at radius 2 is 1.55 bits per heavy atom. The summed E-state index contributed by atoms with van der Waals surface area (Å²) in [6, 6.07) is 23.0. The Morgan fingerprint density at radius 1 is 0.818 bits per heavy atom. The second kappa shape index (κ2) is 7.04. The van der Waals surface area contributed by atoms with Crippen molar-refractivity contribution in [1.82, 2.24) is 4.98 Å². The number of ether oxygens (including phenoxy) is 1. The summed E-state index contributed by atoms with van der Waals surface area (Å²) in [5, 5.41) is 4.15. The van der Waals surface area contributed by atoms with Gasteiger partial charge in [0.2, 0.25) is 0 Å². The maximum absolute atomic E-state index is 5.74. The van der Waals surface area contributed by atoms with Gasteiger partial charge in [-0.15, -0.1) is 0 Å². The molecule has 4 nitrogen and oxygen atoms in total. The Morgan fingerprint density at radius 3 is 2.27 bits per heavy atom. The van der Waals surface area contributed by atoms with Crippen LogP contribution in [0.1, 0.15) is 5.56 Å². The molecule has 0 aliphatic carbocycles. The van der Waals surface area contributed by atoms with E-state index in [-0.39, 0.29) is 0 Å². The molecule has 0 unspecified atom stereocenters. The third-order valence-electron chi connectivity index (χ3n) is 2.92. The molecule has 3 rings (SSSR count). The molecule has 0 spiro atoms. The lowest BCUT2D eigenvalue weighted by molar-refractivity contribution is 0.482. The zero-order valence-corrected chi connectivity index (χ0v) is 11.9. The largest absolute Gasteiger partial charge is 0.457 e.